The van der Waals surface area contributed by atoms with Gasteiger partial charge in [-0.2, -0.15) is 0 Å². The first kappa shape index (κ1) is 66.0. The molecule has 4 aliphatic heterocycles. The first-order valence-corrected chi connectivity index (χ1v) is 29.5. The molecule has 26 heteroatoms. The molecule has 4 saturated heterocycles. The highest BCUT2D eigenvalue weighted by Crippen LogP contribution is 2.76. The van der Waals surface area contributed by atoms with Crippen LogP contribution in [0.3, 0.4) is 0 Å². The van der Waals surface area contributed by atoms with Crippen LogP contribution in [0.5, 0.6) is 0 Å². The van der Waals surface area contributed by atoms with Crippen molar-refractivity contribution in [2.75, 3.05) is 19.8 Å². The van der Waals surface area contributed by atoms with Crippen LogP contribution in [0.2, 0.25) is 0 Å². The van der Waals surface area contributed by atoms with E-state index in [1.165, 1.54) is 6.92 Å². The lowest BCUT2D eigenvalue weighted by Gasteiger charge is -2.73. The van der Waals surface area contributed by atoms with Crippen molar-refractivity contribution >= 4 is 11.9 Å². The van der Waals surface area contributed by atoms with Gasteiger partial charge < -0.3 is 119 Å². The Bertz CT molecular complexity index is 2440. The lowest BCUT2D eigenvalue weighted by atomic mass is 9.32. The highest BCUT2D eigenvalue weighted by Gasteiger charge is 2.76. The highest BCUT2D eigenvalue weighted by atomic mass is 16.8. The van der Waals surface area contributed by atoms with Crippen molar-refractivity contribution in [1.29, 1.82) is 0 Å². The minimum Gasteiger partial charge on any atom is -0.479 e. The van der Waals surface area contributed by atoms with E-state index in [0.29, 0.717) is 25.7 Å². The Morgan fingerprint density at radius 1 is 0.631 bits per heavy atom. The summed E-state index contributed by atoms with van der Waals surface area (Å²) in [5.41, 5.74) is -5.15. The fourth-order valence-electron chi connectivity index (χ4n) is 17.2. The van der Waals surface area contributed by atoms with Gasteiger partial charge in [0.1, 0.15) is 91.6 Å². The van der Waals surface area contributed by atoms with Crippen molar-refractivity contribution in [3.8, 4) is 0 Å². The summed E-state index contributed by atoms with van der Waals surface area (Å²) in [6.07, 6.45) is -33.8. The molecule has 4 saturated carbocycles. The first-order chi connectivity index (χ1) is 39.2. The molecule has 480 valence electrons. The number of fused-ring (bicyclic) bond motifs is 7. The van der Waals surface area contributed by atoms with Crippen LogP contribution in [0.15, 0.2) is 23.3 Å². The van der Waals surface area contributed by atoms with Gasteiger partial charge >= 0.3 is 11.9 Å². The van der Waals surface area contributed by atoms with Crippen molar-refractivity contribution < 1.29 is 129 Å². The molecule has 8 fully saturated rings. The number of aliphatic hydroxyl groups is 14. The van der Waals surface area contributed by atoms with Crippen molar-refractivity contribution in [3.05, 3.63) is 23.3 Å². The molecule has 0 aromatic rings. The van der Waals surface area contributed by atoms with Gasteiger partial charge in [-0.25, -0.2) is 9.59 Å². The molecule has 4 heterocycles. The molecule has 26 nitrogen and oxygen atoms in total. The Morgan fingerprint density at radius 3 is 1.76 bits per heavy atom. The zero-order valence-corrected chi connectivity index (χ0v) is 49.3. The number of carbonyl (C=O) groups excluding carboxylic acids is 1. The van der Waals surface area contributed by atoms with E-state index in [0.717, 1.165) is 5.57 Å². The molecule has 5 aliphatic carbocycles. The van der Waals surface area contributed by atoms with Gasteiger partial charge in [-0.3, -0.25) is 0 Å². The third-order valence-corrected chi connectivity index (χ3v) is 22.5. The predicted octanol–water partition coefficient (Wildman–Crippen LogP) is -2.40. The van der Waals surface area contributed by atoms with Crippen LogP contribution >= 0.6 is 0 Å². The molecule has 3 unspecified atom stereocenters. The van der Waals surface area contributed by atoms with Gasteiger partial charge in [0.15, 0.2) is 31.3 Å². The molecule has 9 aliphatic rings. The van der Waals surface area contributed by atoms with Gasteiger partial charge in [-0.15, -0.1) is 0 Å². The van der Waals surface area contributed by atoms with Crippen molar-refractivity contribution in [2.45, 2.75) is 255 Å². The number of hydrogen-bond donors (Lipinski definition) is 15. The topological polar surface area (TPSA) is 421 Å². The molecule has 0 aromatic carbocycles. The van der Waals surface area contributed by atoms with Crippen molar-refractivity contribution in [2.24, 2.45) is 50.2 Å². The third-order valence-electron chi connectivity index (χ3n) is 22.5. The van der Waals surface area contributed by atoms with Crippen LogP contribution in [-0.2, 0) is 52.2 Å². The van der Waals surface area contributed by atoms with E-state index >= 15 is 0 Å². The zero-order valence-electron chi connectivity index (χ0n) is 49.3. The highest BCUT2D eigenvalue weighted by molar-refractivity contribution is 5.87. The second-order valence-electron chi connectivity index (χ2n) is 27.4. The largest absolute Gasteiger partial charge is 0.479 e. The van der Waals surface area contributed by atoms with Gasteiger partial charge in [0, 0.05) is 11.0 Å². The summed E-state index contributed by atoms with van der Waals surface area (Å²) in [4.78, 5) is 26.9. The molecule has 0 bridgehead atoms. The molecular formula is C58H92O26. The Hall–Kier alpha value is -2.46. The Kier molecular flexibility index (Phi) is 18.6. The number of carbonyl (C=O) groups is 2. The quantitative estimate of drug-likeness (QED) is 0.0373. The van der Waals surface area contributed by atoms with Gasteiger partial charge in [0.2, 0.25) is 0 Å². The number of carboxylic acids is 1. The first-order valence-electron chi connectivity index (χ1n) is 29.5. The Morgan fingerprint density at radius 2 is 1.19 bits per heavy atom. The normalized spacial score (nSPS) is 52.7. The second kappa shape index (κ2) is 23.7. The summed E-state index contributed by atoms with van der Waals surface area (Å²) < 4.78 is 55.4. The van der Waals surface area contributed by atoms with Crippen LogP contribution in [0.4, 0.5) is 0 Å². The second-order valence-corrected chi connectivity index (χ2v) is 27.4. The molecule has 15 N–H and O–H groups in total. The fourth-order valence-corrected chi connectivity index (χ4v) is 17.2. The molecular weight excluding hydrogens is 1110 g/mol. The number of aliphatic carboxylic acids is 1. The maximum atomic E-state index is 14.0. The summed E-state index contributed by atoms with van der Waals surface area (Å²) in [6, 6.07) is 0. The van der Waals surface area contributed by atoms with E-state index in [2.05, 4.69) is 19.9 Å². The Labute approximate surface area is 487 Å². The number of aliphatic hydroxyl groups excluding tert-OH is 14. The zero-order chi connectivity index (χ0) is 62.0. The monoisotopic (exact) mass is 1200 g/mol. The minimum atomic E-state index is -2.14. The van der Waals surface area contributed by atoms with Crippen LogP contribution < -0.4 is 0 Å². The number of ether oxygens (including phenoxy) is 9. The lowest BCUT2D eigenvalue weighted by Crippen LogP contribution is -2.77. The van der Waals surface area contributed by atoms with E-state index in [9.17, 15) is 86.2 Å². The average molecular weight is 1210 g/mol. The van der Waals surface area contributed by atoms with Crippen LogP contribution in [0, 0.1) is 50.2 Å². The van der Waals surface area contributed by atoms with Gasteiger partial charge in [0.25, 0.3) is 0 Å². The molecule has 0 spiro atoms. The summed E-state index contributed by atoms with van der Waals surface area (Å²) in [7, 11) is 0. The van der Waals surface area contributed by atoms with E-state index in [1.54, 1.807) is 19.9 Å². The summed E-state index contributed by atoms with van der Waals surface area (Å²) in [5, 5.41) is 167. The van der Waals surface area contributed by atoms with Crippen LogP contribution in [0.1, 0.15) is 108 Å². The predicted molar refractivity (Wildman–Crippen MR) is 285 cm³/mol. The maximum absolute atomic E-state index is 14.0. The van der Waals surface area contributed by atoms with Gasteiger partial charge in [0.05, 0.1) is 49.7 Å². The van der Waals surface area contributed by atoms with Gasteiger partial charge in [-0.1, -0.05) is 66.2 Å². The maximum Gasteiger partial charge on any atom is 0.335 e. The fraction of sp³-hybridized carbons (Fsp3) is 0.897. The number of allylic oxidation sites excluding steroid dienone is 2. The molecule has 31 atom stereocenters. The average Bonchev–Trinajstić information content (AvgIpc) is 0.909. The standard InChI is InChI=1S/C58H92O26/c1-11-22(2)48(75)83-46-45(84-49-37(68)34(65)31(62)23(3)76-49)53(4,5)18-25-24-12-13-29-55(8)16-15-30(54(6,7)28(55)14-17-56(29,9)57(24,10)43(71)44(72)58(25,46)21-61)79-52-42(82-51-38(69)35(66)32(63)26(19-59)77-51)40(39(70)41(81-52)47(73)74)80-50-36(67)33(64)27(20-60)78-50/h11-12,23,25-46,49-52,59-72H,13-21H2,1-10H3,(H,73,74)/b22-11-/t23-,25?,26+,27+,28?,29?,30-,31-,32-,33+,34+,35-,36-,37+,38+,39-,40-,41-,42+,43+,44-,45-,46+,49-,50+,51-,52-,55-,56+,57-,58-/m0/s1. The smallest absolute Gasteiger partial charge is 0.335 e. The number of carboxylic acid groups (broad SMARTS) is 1. The minimum absolute atomic E-state index is 0.187. The van der Waals surface area contributed by atoms with E-state index < -0.39 is 217 Å². The number of esters is 1. The molecule has 9 rings (SSSR count). The summed E-state index contributed by atoms with van der Waals surface area (Å²) in [6.45, 7) is 16.3. The molecule has 0 aromatic heterocycles. The summed E-state index contributed by atoms with van der Waals surface area (Å²) >= 11 is 0. The van der Waals surface area contributed by atoms with Crippen LogP contribution in [-0.4, -0.2) is 256 Å². The van der Waals surface area contributed by atoms with Crippen molar-refractivity contribution in [3.63, 3.8) is 0 Å². The number of rotatable bonds is 14. The van der Waals surface area contributed by atoms with Crippen molar-refractivity contribution in [1.82, 2.24) is 0 Å². The number of hydrogen-bond acceptors (Lipinski definition) is 25. The third kappa shape index (κ3) is 10.2. The van der Waals surface area contributed by atoms with E-state index in [-0.39, 0.29) is 30.3 Å². The summed E-state index contributed by atoms with van der Waals surface area (Å²) in [5.74, 6) is -3.57. The lowest BCUT2D eigenvalue weighted by molar-refractivity contribution is -0.386. The van der Waals surface area contributed by atoms with E-state index in [4.69, 9.17) is 42.6 Å². The molecule has 84 heavy (non-hydrogen) atoms. The molecule has 0 radical (unpaired) electrons. The van der Waals surface area contributed by atoms with Crippen LogP contribution in [0.25, 0.3) is 0 Å². The SMILES string of the molecule is C/C=C(/C)C(=O)O[C@@H]1[C@H](O[C@@H]2O[C@@H](C)[C@H](O)[C@@H](O)[C@H]2O)C(C)(C)CC2C3=CCC4[C@@]5(C)CC[C@H](O[C@H]6O[C@H](C(=O)O)[C@@H](O)[C@H](O[C@H]7O[C@H](CO)[C@@H](O)[C@@H]7O)[C@H]6O[C@@H]6O[C@H](CO)[C@H](O)[C@H](O)[C@H]6O)C(C)(C)C5CC[C@@]4(C)[C@]3(C)[C@H](O)[C@H](O)[C@]21CO. The Balaban J connectivity index is 1.05. The van der Waals surface area contributed by atoms with Gasteiger partial charge in [-0.05, 0) is 98.7 Å². The van der Waals surface area contributed by atoms with E-state index in [1.807, 2.05) is 34.6 Å². The molecule has 0 amide bonds.